The number of hydrogen-bond donors (Lipinski definition) is 1. The molecule has 2 atom stereocenters. The fourth-order valence-corrected chi connectivity index (χ4v) is 1.78. The summed E-state index contributed by atoms with van der Waals surface area (Å²) >= 11 is 2.08. The minimum Gasteiger partial charge on any atom is -0.382 e. The van der Waals surface area contributed by atoms with Crippen LogP contribution in [0.4, 0.5) is 0 Å². The van der Waals surface area contributed by atoms with Crippen molar-refractivity contribution in [2.24, 2.45) is 5.92 Å². The molecule has 0 bridgehead atoms. The van der Waals surface area contributed by atoms with E-state index < -0.39 is 0 Å². The van der Waals surface area contributed by atoms with Gasteiger partial charge in [-0.1, -0.05) is 49.3 Å². The second-order valence-corrected chi connectivity index (χ2v) is 3.61. The Bertz CT molecular complexity index is 63.9. The smallest absolute Gasteiger partial charge is 0.108 e. The summed E-state index contributed by atoms with van der Waals surface area (Å²) in [4.78, 5) is 0. The van der Waals surface area contributed by atoms with E-state index in [9.17, 15) is 0 Å². The van der Waals surface area contributed by atoms with Gasteiger partial charge in [-0.15, -0.1) is 0 Å². The molecule has 2 unspecified atom stereocenters. The van der Waals surface area contributed by atoms with E-state index >= 15 is 0 Å². The maximum Gasteiger partial charge on any atom is 0.108 e. The molecule has 2 heteroatoms. The van der Waals surface area contributed by atoms with Gasteiger partial charge in [-0.2, -0.15) is 0 Å². The molecule has 0 aliphatic heterocycles. The molecule has 0 saturated heterocycles. The van der Waals surface area contributed by atoms with Crippen LogP contribution < -0.4 is 0 Å². The molecule has 0 radical (unpaired) electrons. The summed E-state index contributed by atoms with van der Waals surface area (Å²) in [6.07, 6.45) is 3.43. The molecule has 0 aliphatic carbocycles. The van der Waals surface area contributed by atoms with Crippen LogP contribution in [0.3, 0.4) is 0 Å². The Morgan fingerprint density at radius 1 is 1.44 bits per heavy atom. The van der Waals surface area contributed by atoms with Gasteiger partial charge in [0.1, 0.15) is 4.11 Å². The van der Waals surface area contributed by atoms with Crippen molar-refractivity contribution >= 4 is 22.6 Å². The first-order valence-corrected chi connectivity index (χ1v) is 4.79. The minimum atomic E-state index is -0.146. The van der Waals surface area contributed by atoms with Crippen molar-refractivity contribution in [3.8, 4) is 0 Å². The van der Waals surface area contributed by atoms with Crippen molar-refractivity contribution in [3.63, 3.8) is 0 Å². The Balaban J connectivity index is 3.41. The summed E-state index contributed by atoms with van der Waals surface area (Å²) in [7, 11) is 0. The molecule has 0 rings (SSSR count). The van der Waals surface area contributed by atoms with Gasteiger partial charge in [0.05, 0.1) is 0 Å². The lowest BCUT2D eigenvalue weighted by atomic mass is 10.0. The highest BCUT2D eigenvalue weighted by Gasteiger charge is 2.11. The van der Waals surface area contributed by atoms with Crippen LogP contribution >= 0.6 is 22.6 Å². The van der Waals surface area contributed by atoms with Crippen LogP contribution in [-0.4, -0.2) is 9.22 Å². The number of aliphatic hydroxyl groups excluding tert-OH is 1. The Morgan fingerprint density at radius 3 is 2.11 bits per heavy atom. The number of aliphatic hydroxyl groups is 1. The first kappa shape index (κ1) is 9.69. The topological polar surface area (TPSA) is 20.2 Å². The second kappa shape index (κ2) is 5.47. The highest BCUT2D eigenvalue weighted by Crippen LogP contribution is 2.19. The average Bonchev–Trinajstić information content (AvgIpc) is 1.82. The van der Waals surface area contributed by atoms with Crippen molar-refractivity contribution in [3.05, 3.63) is 0 Å². The van der Waals surface area contributed by atoms with Gasteiger partial charge in [0, 0.05) is 0 Å². The Labute approximate surface area is 71.0 Å². The predicted octanol–water partition coefficient (Wildman–Crippen LogP) is 2.57. The van der Waals surface area contributed by atoms with Crippen LogP contribution in [0.15, 0.2) is 0 Å². The van der Waals surface area contributed by atoms with Gasteiger partial charge in [-0.25, -0.2) is 0 Å². The summed E-state index contributed by atoms with van der Waals surface area (Å²) in [5.41, 5.74) is 0. The molecule has 0 aromatic carbocycles. The summed E-state index contributed by atoms with van der Waals surface area (Å²) in [5.74, 6) is 0.510. The van der Waals surface area contributed by atoms with E-state index in [4.69, 9.17) is 5.11 Å². The van der Waals surface area contributed by atoms with Crippen molar-refractivity contribution in [1.82, 2.24) is 0 Å². The predicted molar refractivity (Wildman–Crippen MR) is 48.7 cm³/mol. The van der Waals surface area contributed by atoms with Crippen molar-refractivity contribution < 1.29 is 5.11 Å². The van der Waals surface area contributed by atoms with Gasteiger partial charge in [-0.3, -0.25) is 0 Å². The van der Waals surface area contributed by atoms with Gasteiger partial charge in [0.2, 0.25) is 0 Å². The van der Waals surface area contributed by atoms with Gasteiger partial charge in [0.25, 0.3) is 0 Å². The zero-order chi connectivity index (χ0) is 7.28. The van der Waals surface area contributed by atoms with Crippen LogP contribution in [0.25, 0.3) is 0 Å². The molecule has 0 spiro atoms. The third-order valence-corrected chi connectivity index (χ3v) is 2.59. The molecular weight excluding hydrogens is 227 g/mol. The largest absolute Gasteiger partial charge is 0.382 e. The van der Waals surface area contributed by atoms with Crippen LogP contribution in [0.2, 0.25) is 0 Å². The Kier molecular flexibility index (Phi) is 5.89. The lowest BCUT2D eigenvalue weighted by Gasteiger charge is -2.14. The van der Waals surface area contributed by atoms with Crippen molar-refractivity contribution in [2.45, 2.75) is 37.2 Å². The van der Waals surface area contributed by atoms with Crippen LogP contribution in [-0.2, 0) is 0 Å². The minimum absolute atomic E-state index is 0.146. The van der Waals surface area contributed by atoms with Crippen LogP contribution in [0.5, 0.6) is 0 Å². The molecule has 56 valence electrons. The van der Waals surface area contributed by atoms with E-state index in [-0.39, 0.29) is 4.11 Å². The molecule has 0 heterocycles. The fourth-order valence-electron chi connectivity index (χ4n) is 0.907. The van der Waals surface area contributed by atoms with Crippen LogP contribution in [0, 0.1) is 5.92 Å². The SMILES string of the molecule is CCCC(CC)C(O)I. The molecular formula is C7H15IO. The number of hydrogen-bond acceptors (Lipinski definition) is 1. The van der Waals surface area contributed by atoms with Crippen LogP contribution in [0.1, 0.15) is 33.1 Å². The first-order chi connectivity index (χ1) is 4.22. The zero-order valence-corrected chi connectivity index (χ0v) is 8.26. The third-order valence-electron chi connectivity index (χ3n) is 1.57. The van der Waals surface area contributed by atoms with E-state index in [0.29, 0.717) is 5.92 Å². The molecule has 0 aromatic heterocycles. The van der Waals surface area contributed by atoms with Gasteiger partial charge in [-0.05, 0) is 12.3 Å². The normalized spacial score (nSPS) is 17.3. The molecule has 0 aliphatic rings. The lowest BCUT2D eigenvalue weighted by molar-refractivity contribution is 0.195. The van der Waals surface area contributed by atoms with Crippen molar-refractivity contribution in [2.75, 3.05) is 0 Å². The highest BCUT2D eigenvalue weighted by molar-refractivity contribution is 14.1. The average molecular weight is 242 g/mol. The van der Waals surface area contributed by atoms with E-state index in [1.54, 1.807) is 0 Å². The van der Waals surface area contributed by atoms with E-state index in [1.807, 2.05) is 0 Å². The third kappa shape index (κ3) is 4.14. The maximum atomic E-state index is 9.13. The number of alkyl halides is 1. The van der Waals surface area contributed by atoms with Gasteiger partial charge < -0.3 is 5.11 Å². The summed E-state index contributed by atoms with van der Waals surface area (Å²) in [5, 5.41) is 9.13. The monoisotopic (exact) mass is 242 g/mol. The molecule has 0 amide bonds. The van der Waals surface area contributed by atoms with E-state index in [2.05, 4.69) is 36.4 Å². The lowest BCUT2D eigenvalue weighted by Crippen LogP contribution is -2.11. The standard InChI is InChI=1S/C7H15IO/c1-3-5-6(4-2)7(8)9/h6-7,9H,3-5H2,1-2H3. The Hall–Kier alpha value is 0.690. The quantitative estimate of drug-likeness (QED) is 0.593. The molecule has 1 nitrogen and oxygen atoms in total. The maximum absolute atomic E-state index is 9.13. The number of halogens is 1. The summed E-state index contributed by atoms with van der Waals surface area (Å²) in [6, 6.07) is 0. The van der Waals surface area contributed by atoms with E-state index in [1.165, 1.54) is 6.42 Å². The second-order valence-electron chi connectivity index (χ2n) is 2.33. The summed E-state index contributed by atoms with van der Waals surface area (Å²) < 4.78 is -0.146. The molecule has 0 saturated carbocycles. The molecule has 1 N–H and O–H groups in total. The molecule has 9 heavy (non-hydrogen) atoms. The highest BCUT2D eigenvalue weighted by atomic mass is 127. The van der Waals surface area contributed by atoms with Crippen molar-refractivity contribution in [1.29, 1.82) is 0 Å². The zero-order valence-electron chi connectivity index (χ0n) is 6.10. The first-order valence-electron chi connectivity index (χ1n) is 3.54. The number of rotatable bonds is 4. The van der Waals surface area contributed by atoms with Gasteiger partial charge in [0.15, 0.2) is 0 Å². The van der Waals surface area contributed by atoms with Gasteiger partial charge >= 0.3 is 0 Å². The van der Waals surface area contributed by atoms with E-state index in [0.717, 1.165) is 12.8 Å². The Morgan fingerprint density at radius 2 is 2.00 bits per heavy atom. The molecule has 0 fully saturated rings. The fraction of sp³-hybridized carbons (Fsp3) is 1.00. The molecule has 0 aromatic rings. The summed E-state index contributed by atoms with van der Waals surface area (Å²) in [6.45, 7) is 4.28.